The molecule has 4 heteroatoms. The summed E-state index contributed by atoms with van der Waals surface area (Å²) in [4.78, 5) is 9.33. The van der Waals surface area contributed by atoms with Gasteiger partial charge >= 0.3 is 0 Å². The number of nitrogens with zero attached hydrogens (tertiary/aromatic N) is 3. The molecule has 1 saturated heterocycles. The monoisotopic (exact) mass is 196 g/mol. The molecule has 2 heterocycles. The lowest BCUT2D eigenvalue weighted by atomic mass is 10.2. The normalized spacial score (nSPS) is 23.9. The van der Waals surface area contributed by atoms with Crippen LogP contribution in [0.15, 0.2) is 4.99 Å². The maximum Gasteiger partial charge on any atom is 0.194 e. The number of hydrogen-bond acceptors (Lipinski definition) is 4. The molecule has 0 aromatic rings. The zero-order valence-corrected chi connectivity index (χ0v) is 9.16. The minimum atomic E-state index is 0.677. The first kappa shape index (κ1) is 9.77. The van der Waals surface area contributed by atoms with Crippen molar-refractivity contribution in [1.29, 1.82) is 0 Å². The molecule has 0 saturated carbocycles. The minimum absolute atomic E-state index is 0.677. The van der Waals surface area contributed by atoms with Crippen molar-refractivity contribution in [3.05, 3.63) is 0 Å². The fourth-order valence-corrected chi connectivity index (χ4v) is 2.05. The molecule has 0 radical (unpaired) electrons. The molecule has 0 unspecified atom stereocenters. The van der Waals surface area contributed by atoms with Gasteiger partial charge in [0.15, 0.2) is 5.96 Å². The van der Waals surface area contributed by atoms with Gasteiger partial charge in [-0.1, -0.05) is 0 Å². The molecule has 0 aliphatic carbocycles. The summed E-state index contributed by atoms with van der Waals surface area (Å²) >= 11 is 0. The summed E-state index contributed by atoms with van der Waals surface area (Å²) in [5.74, 6) is 1.12. The molecule has 80 valence electrons. The number of piperazine rings is 1. The lowest BCUT2D eigenvalue weighted by Crippen LogP contribution is -2.52. The van der Waals surface area contributed by atoms with E-state index in [1.54, 1.807) is 0 Å². The van der Waals surface area contributed by atoms with E-state index in [9.17, 15) is 0 Å². The lowest BCUT2D eigenvalue weighted by Gasteiger charge is -2.37. The second-order valence-corrected chi connectivity index (χ2v) is 4.25. The molecule has 2 rings (SSSR count). The highest BCUT2D eigenvalue weighted by molar-refractivity contribution is 5.81. The van der Waals surface area contributed by atoms with Crippen LogP contribution >= 0.6 is 0 Å². The van der Waals surface area contributed by atoms with Crippen LogP contribution in [0.5, 0.6) is 0 Å². The Morgan fingerprint density at radius 2 is 1.93 bits per heavy atom. The summed E-state index contributed by atoms with van der Waals surface area (Å²) in [6.45, 7) is 11.0. The fraction of sp³-hybridized carbons (Fsp3) is 0.900. The van der Waals surface area contributed by atoms with Gasteiger partial charge in [0.25, 0.3) is 0 Å². The summed E-state index contributed by atoms with van der Waals surface area (Å²) in [6.07, 6.45) is 0. The van der Waals surface area contributed by atoms with Crippen LogP contribution in [0.3, 0.4) is 0 Å². The van der Waals surface area contributed by atoms with Crippen molar-refractivity contribution in [3.63, 3.8) is 0 Å². The summed E-state index contributed by atoms with van der Waals surface area (Å²) in [5.41, 5.74) is 0. The summed E-state index contributed by atoms with van der Waals surface area (Å²) in [7, 11) is 0. The van der Waals surface area contributed by atoms with Crippen molar-refractivity contribution in [2.24, 2.45) is 4.99 Å². The van der Waals surface area contributed by atoms with E-state index in [4.69, 9.17) is 0 Å². The molecular weight excluding hydrogens is 176 g/mol. The van der Waals surface area contributed by atoms with Crippen LogP contribution in [0.1, 0.15) is 13.8 Å². The van der Waals surface area contributed by atoms with Gasteiger partial charge in [0.2, 0.25) is 0 Å². The van der Waals surface area contributed by atoms with Crippen LogP contribution < -0.4 is 5.32 Å². The Morgan fingerprint density at radius 3 is 2.43 bits per heavy atom. The van der Waals surface area contributed by atoms with Gasteiger partial charge in [-0.25, -0.2) is 0 Å². The van der Waals surface area contributed by atoms with Crippen molar-refractivity contribution in [2.75, 3.05) is 39.3 Å². The predicted molar refractivity (Wildman–Crippen MR) is 58.6 cm³/mol. The molecule has 2 aliphatic heterocycles. The zero-order chi connectivity index (χ0) is 9.97. The minimum Gasteiger partial charge on any atom is -0.354 e. The van der Waals surface area contributed by atoms with E-state index in [0.29, 0.717) is 6.04 Å². The van der Waals surface area contributed by atoms with Crippen LogP contribution in [0.25, 0.3) is 0 Å². The van der Waals surface area contributed by atoms with Crippen molar-refractivity contribution >= 4 is 5.96 Å². The molecule has 4 nitrogen and oxygen atoms in total. The second-order valence-electron chi connectivity index (χ2n) is 4.25. The van der Waals surface area contributed by atoms with E-state index in [1.165, 1.54) is 13.1 Å². The Hall–Kier alpha value is -0.770. The van der Waals surface area contributed by atoms with Gasteiger partial charge in [0, 0.05) is 38.8 Å². The standard InChI is InChI=1S/C10H20N4/c1-9(2)13-5-7-14(8-6-13)10-11-3-4-12-10/h9H,3-8H2,1-2H3,(H,11,12). The van der Waals surface area contributed by atoms with E-state index < -0.39 is 0 Å². The molecule has 0 spiro atoms. The molecule has 0 atom stereocenters. The number of hydrogen-bond donors (Lipinski definition) is 1. The molecule has 1 fully saturated rings. The maximum atomic E-state index is 4.44. The van der Waals surface area contributed by atoms with Crippen molar-refractivity contribution in [3.8, 4) is 0 Å². The highest BCUT2D eigenvalue weighted by Crippen LogP contribution is 2.06. The molecule has 0 aromatic heterocycles. The van der Waals surface area contributed by atoms with E-state index in [1.807, 2.05) is 0 Å². The Bertz CT molecular complexity index is 216. The first-order valence-corrected chi connectivity index (χ1v) is 5.54. The SMILES string of the molecule is CC(C)N1CCN(C2=NCCN2)CC1. The van der Waals surface area contributed by atoms with Crippen molar-refractivity contribution in [1.82, 2.24) is 15.1 Å². The van der Waals surface area contributed by atoms with Gasteiger partial charge in [-0.2, -0.15) is 0 Å². The third-order valence-electron chi connectivity index (χ3n) is 3.00. The van der Waals surface area contributed by atoms with Crippen LogP contribution in [-0.2, 0) is 0 Å². The Balaban J connectivity index is 1.83. The fourth-order valence-electron chi connectivity index (χ4n) is 2.05. The third kappa shape index (κ3) is 2.00. The second kappa shape index (κ2) is 4.17. The topological polar surface area (TPSA) is 30.9 Å². The summed E-state index contributed by atoms with van der Waals surface area (Å²) in [6, 6.07) is 0.677. The van der Waals surface area contributed by atoms with Crippen LogP contribution in [-0.4, -0.2) is 61.1 Å². The van der Waals surface area contributed by atoms with Gasteiger partial charge in [0.05, 0.1) is 6.54 Å². The van der Waals surface area contributed by atoms with E-state index in [2.05, 4.69) is 34.0 Å². The highest BCUT2D eigenvalue weighted by Gasteiger charge is 2.22. The van der Waals surface area contributed by atoms with Gasteiger partial charge in [0.1, 0.15) is 0 Å². The van der Waals surface area contributed by atoms with E-state index in [-0.39, 0.29) is 0 Å². The molecule has 0 aromatic carbocycles. The number of nitrogens with one attached hydrogen (secondary N) is 1. The third-order valence-corrected chi connectivity index (χ3v) is 3.00. The van der Waals surface area contributed by atoms with Gasteiger partial charge in [-0.05, 0) is 13.8 Å². The first-order valence-electron chi connectivity index (χ1n) is 5.54. The Morgan fingerprint density at radius 1 is 1.21 bits per heavy atom. The van der Waals surface area contributed by atoms with Gasteiger partial charge < -0.3 is 10.2 Å². The van der Waals surface area contributed by atoms with Gasteiger partial charge in [-0.15, -0.1) is 0 Å². The quantitative estimate of drug-likeness (QED) is 0.639. The lowest BCUT2D eigenvalue weighted by molar-refractivity contribution is 0.147. The van der Waals surface area contributed by atoms with Crippen molar-refractivity contribution < 1.29 is 0 Å². The molecule has 2 aliphatic rings. The maximum absolute atomic E-state index is 4.44. The number of rotatable bonds is 1. The van der Waals surface area contributed by atoms with Crippen LogP contribution in [0.2, 0.25) is 0 Å². The Kier molecular flexibility index (Phi) is 2.91. The largest absolute Gasteiger partial charge is 0.354 e. The average Bonchev–Trinajstić information content (AvgIpc) is 2.71. The highest BCUT2D eigenvalue weighted by atomic mass is 15.4. The molecule has 14 heavy (non-hydrogen) atoms. The first-order chi connectivity index (χ1) is 6.77. The zero-order valence-electron chi connectivity index (χ0n) is 9.16. The molecule has 0 bridgehead atoms. The smallest absolute Gasteiger partial charge is 0.194 e. The Labute approximate surface area is 86.0 Å². The predicted octanol–water partition coefficient (Wildman–Crippen LogP) is -0.0284. The van der Waals surface area contributed by atoms with Crippen LogP contribution in [0, 0.1) is 0 Å². The van der Waals surface area contributed by atoms with E-state index >= 15 is 0 Å². The number of guanidine groups is 1. The molecule has 0 amide bonds. The van der Waals surface area contributed by atoms with Crippen molar-refractivity contribution in [2.45, 2.75) is 19.9 Å². The summed E-state index contributed by atoms with van der Waals surface area (Å²) < 4.78 is 0. The summed E-state index contributed by atoms with van der Waals surface area (Å²) in [5, 5.41) is 3.33. The van der Waals surface area contributed by atoms with Crippen LogP contribution in [0.4, 0.5) is 0 Å². The molecule has 1 N–H and O–H groups in total. The van der Waals surface area contributed by atoms with Gasteiger partial charge in [-0.3, -0.25) is 9.89 Å². The average molecular weight is 196 g/mol. The number of aliphatic imine (C=N–C) groups is 1. The molecular formula is C10H20N4. The van der Waals surface area contributed by atoms with E-state index in [0.717, 1.165) is 32.1 Å².